The number of phenolic OH excluding ortho intramolecular Hbond substituents is 1. The summed E-state index contributed by atoms with van der Waals surface area (Å²) in [6.07, 6.45) is 0. The Balaban J connectivity index is 0.000000171. The Kier molecular flexibility index (Phi) is 5.93. The zero-order valence-electron chi connectivity index (χ0n) is 8.50. The van der Waals surface area contributed by atoms with Gasteiger partial charge in [-0.2, -0.15) is 0 Å². The van der Waals surface area contributed by atoms with Gasteiger partial charge in [0, 0.05) is 15.1 Å². The van der Waals surface area contributed by atoms with E-state index in [2.05, 4.69) is 0 Å². The molecule has 0 bridgehead atoms. The van der Waals surface area contributed by atoms with E-state index < -0.39 is 0 Å². The molecule has 90 valence electrons. The molecule has 0 aliphatic carbocycles. The van der Waals surface area contributed by atoms with Gasteiger partial charge in [-0.1, -0.05) is 52.5 Å². The lowest BCUT2D eigenvalue weighted by molar-refractivity contribution is 0.475. The molecule has 0 fully saturated rings. The summed E-state index contributed by atoms with van der Waals surface area (Å²) in [7, 11) is 0. The van der Waals surface area contributed by atoms with Gasteiger partial charge >= 0.3 is 0 Å². The fraction of sp³-hybridized carbons (Fsp3) is 0. The molecule has 1 nitrogen and oxygen atoms in total. The van der Waals surface area contributed by atoms with Gasteiger partial charge in [0.15, 0.2) is 0 Å². The van der Waals surface area contributed by atoms with Crippen LogP contribution in [0.3, 0.4) is 0 Å². The van der Waals surface area contributed by atoms with Gasteiger partial charge in [0.05, 0.1) is 5.02 Å². The van der Waals surface area contributed by atoms with Crippen LogP contribution in [-0.2, 0) is 0 Å². The SMILES string of the molecule is Clc1cccc(Cl)c1.Oc1ccc(Cl)cc1Cl. The average molecular weight is 310 g/mol. The van der Waals surface area contributed by atoms with Gasteiger partial charge in [-0.05, 0) is 36.4 Å². The second kappa shape index (κ2) is 6.97. The van der Waals surface area contributed by atoms with Crippen LogP contribution in [0.2, 0.25) is 20.1 Å². The number of benzene rings is 2. The van der Waals surface area contributed by atoms with Gasteiger partial charge in [0.2, 0.25) is 0 Å². The smallest absolute Gasteiger partial charge is 0.134 e. The number of phenols is 1. The van der Waals surface area contributed by atoms with Crippen LogP contribution in [0.25, 0.3) is 0 Å². The number of halogens is 4. The monoisotopic (exact) mass is 308 g/mol. The maximum absolute atomic E-state index is 8.85. The molecule has 5 heteroatoms. The summed E-state index contributed by atoms with van der Waals surface area (Å²) in [5, 5.41) is 11.0. The quantitative estimate of drug-likeness (QED) is 0.662. The first kappa shape index (κ1) is 14.5. The molecule has 0 spiro atoms. The highest BCUT2D eigenvalue weighted by Crippen LogP contribution is 2.25. The van der Waals surface area contributed by atoms with Crippen LogP contribution in [0.4, 0.5) is 0 Å². The molecule has 2 rings (SSSR count). The summed E-state index contributed by atoms with van der Waals surface area (Å²) in [6, 6.07) is 11.6. The molecular formula is C12H8Cl4O. The Morgan fingerprint density at radius 2 is 1.24 bits per heavy atom. The largest absolute Gasteiger partial charge is 0.506 e. The van der Waals surface area contributed by atoms with Crippen molar-refractivity contribution in [2.45, 2.75) is 0 Å². The van der Waals surface area contributed by atoms with Crippen molar-refractivity contribution in [2.24, 2.45) is 0 Å². The summed E-state index contributed by atoms with van der Waals surface area (Å²) in [6.45, 7) is 0. The molecule has 0 aromatic heterocycles. The van der Waals surface area contributed by atoms with Crippen LogP contribution in [0, 0.1) is 0 Å². The minimum atomic E-state index is 0.0565. The first-order valence-electron chi connectivity index (χ1n) is 4.54. The highest BCUT2D eigenvalue weighted by Gasteiger charge is 1.95. The van der Waals surface area contributed by atoms with Crippen LogP contribution < -0.4 is 0 Å². The molecular weight excluding hydrogens is 302 g/mol. The summed E-state index contributed by atoms with van der Waals surface area (Å²) in [5.41, 5.74) is 0. The Morgan fingerprint density at radius 1 is 0.706 bits per heavy atom. The van der Waals surface area contributed by atoms with Crippen LogP contribution in [0.5, 0.6) is 5.75 Å². The number of rotatable bonds is 0. The van der Waals surface area contributed by atoms with Crippen molar-refractivity contribution in [2.75, 3.05) is 0 Å². The highest BCUT2D eigenvalue weighted by atomic mass is 35.5. The topological polar surface area (TPSA) is 20.2 Å². The van der Waals surface area contributed by atoms with Crippen molar-refractivity contribution in [3.05, 3.63) is 62.6 Å². The van der Waals surface area contributed by atoms with Gasteiger partial charge < -0.3 is 5.11 Å². The van der Waals surface area contributed by atoms with Crippen LogP contribution in [-0.4, -0.2) is 5.11 Å². The zero-order valence-corrected chi connectivity index (χ0v) is 11.5. The Hall–Kier alpha value is -0.600. The second-order valence-electron chi connectivity index (χ2n) is 3.04. The predicted octanol–water partition coefficient (Wildman–Crippen LogP) is 5.69. The Labute approximate surface area is 120 Å². The third-order valence-corrected chi connectivity index (χ3v) is 2.70. The zero-order chi connectivity index (χ0) is 12.8. The van der Waals surface area contributed by atoms with Gasteiger partial charge in [-0.15, -0.1) is 0 Å². The van der Waals surface area contributed by atoms with Crippen molar-refractivity contribution < 1.29 is 5.11 Å². The minimum Gasteiger partial charge on any atom is -0.506 e. The molecule has 0 unspecified atom stereocenters. The molecule has 0 aliphatic heterocycles. The number of hydrogen-bond donors (Lipinski definition) is 1. The molecule has 17 heavy (non-hydrogen) atoms. The summed E-state index contributed by atoms with van der Waals surface area (Å²) >= 11 is 22.1. The highest BCUT2D eigenvalue weighted by molar-refractivity contribution is 6.35. The molecule has 0 aliphatic rings. The van der Waals surface area contributed by atoms with E-state index >= 15 is 0 Å². The minimum absolute atomic E-state index is 0.0565. The van der Waals surface area contributed by atoms with Gasteiger partial charge in [0.25, 0.3) is 0 Å². The van der Waals surface area contributed by atoms with E-state index in [1.54, 1.807) is 24.3 Å². The first-order chi connectivity index (χ1) is 7.99. The maximum Gasteiger partial charge on any atom is 0.134 e. The van der Waals surface area contributed by atoms with Crippen LogP contribution in [0.1, 0.15) is 0 Å². The standard InChI is InChI=1S/C6H4Cl2O.C6H4Cl2/c7-4-1-2-6(9)5(8)3-4;7-5-2-1-3-6(8)4-5/h1-3,9H;1-4H. The summed E-state index contributed by atoms with van der Waals surface area (Å²) in [5.74, 6) is 0.0565. The van der Waals surface area contributed by atoms with E-state index in [0.717, 1.165) is 0 Å². The van der Waals surface area contributed by atoms with Crippen molar-refractivity contribution in [1.29, 1.82) is 0 Å². The molecule has 0 atom stereocenters. The number of hydrogen-bond acceptors (Lipinski definition) is 1. The van der Waals surface area contributed by atoms with Gasteiger partial charge in [-0.3, -0.25) is 0 Å². The van der Waals surface area contributed by atoms with Crippen molar-refractivity contribution >= 4 is 46.4 Å². The fourth-order valence-corrected chi connectivity index (χ4v) is 1.79. The van der Waals surface area contributed by atoms with E-state index in [-0.39, 0.29) is 10.8 Å². The summed E-state index contributed by atoms with van der Waals surface area (Å²) in [4.78, 5) is 0. The molecule has 0 saturated heterocycles. The second-order valence-corrected chi connectivity index (χ2v) is 4.75. The third-order valence-electron chi connectivity index (χ3n) is 1.70. The van der Waals surface area contributed by atoms with E-state index in [1.165, 1.54) is 12.1 Å². The third kappa shape index (κ3) is 5.51. The van der Waals surface area contributed by atoms with Crippen molar-refractivity contribution in [3.8, 4) is 5.75 Å². The van der Waals surface area contributed by atoms with E-state index in [4.69, 9.17) is 51.5 Å². The van der Waals surface area contributed by atoms with Crippen LogP contribution >= 0.6 is 46.4 Å². The Bertz CT molecular complexity index is 482. The molecule has 2 aromatic carbocycles. The maximum atomic E-state index is 8.85. The molecule has 0 saturated carbocycles. The molecule has 0 radical (unpaired) electrons. The van der Waals surface area contributed by atoms with E-state index in [9.17, 15) is 0 Å². The average Bonchev–Trinajstić information content (AvgIpc) is 2.24. The fourth-order valence-electron chi connectivity index (χ4n) is 0.941. The van der Waals surface area contributed by atoms with Crippen LogP contribution in [0.15, 0.2) is 42.5 Å². The Morgan fingerprint density at radius 3 is 1.59 bits per heavy atom. The molecule has 2 aromatic rings. The summed E-state index contributed by atoms with van der Waals surface area (Å²) < 4.78 is 0. The lowest BCUT2D eigenvalue weighted by atomic mass is 10.3. The lowest BCUT2D eigenvalue weighted by Crippen LogP contribution is -1.66. The predicted molar refractivity (Wildman–Crippen MR) is 74.6 cm³/mol. The van der Waals surface area contributed by atoms with Crippen molar-refractivity contribution in [3.63, 3.8) is 0 Å². The van der Waals surface area contributed by atoms with Gasteiger partial charge in [0.1, 0.15) is 5.75 Å². The first-order valence-corrected chi connectivity index (χ1v) is 6.05. The van der Waals surface area contributed by atoms with E-state index in [0.29, 0.717) is 15.1 Å². The van der Waals surface area contributed by atoms with Crippen molar-refractivity contribution in [1.82, 2.24) is 0 Å². The van der Waals surface area contributed by atoms with E-state index in [1.807, 2.05) is 6.07 Å². The lowest BCUT2D eigenvalue weighted by Gasteiger charge is -1.93. The molecule has 0 heterocycles. The number of aromatic hydroxyl groups is 1. The van der Waals surface area contributed by atoms with Gasteiger partial charge in [-0.25, -0.2) is 0 Å². The molecule has 0 amide bonds. The molecule has 1 N–H and O–H groups in total. The normalized spacial score (nSPS) is 9.41.